The molecule has 2 rings (SSSR count). The van der Waals surface area contributed by atoms with E-state index in [0.717, 1.165) is 32.5 Å². The molecule has 1 fully saturated rings. The predicted octanol–water partition coefficient (Wildman–Crippen LogP) is 2.71. The highest BCUT2D eigenvalue weighted by Gasteiger charge is 2.28. The van der Waals surface area contributed by atoms with Gasteiger partial charge in [-0.15, -0.1) is 0 Å². The molecular formula is C20H30ClN3O4. The van der Waals surface area contributed by atoms with Gasteiger partial charge in [-0.3, -0.25) is 9.59 Å². The second-order valence-corrected chi connectivity index (χ2v) is 7.54. The van der Waals surface area contributed by atoms with E-state index in [4.69, 9.17) is 26.8 Å². The Labute approximate surface area is 171 Å². The van der Waals surface area contributed by atoms with Crippen LogP contribution in [-0.2, 0) is 9.53 Å². The number of halogens is 1. The average Bonchev–Trinajstić information content (AvgIpc) is 2.65. The van der Waals surface area contributed by atoms with Gasteiger partial charge < -0.3 is 25.4 Å². The summed E-state index contributed by atoms with van der Waals surface area (Å²) in [7, 11) is 1.50. The van der Waals surface area contributed by atoms with E-state index in [-0.39, 0.29) is 23.8 Å². The van der Waals surface area contributed by atoms with Gasteiger partial charge in [0.15, 0.2) is 0 Å². The number of nitrogens with one attached hydrogen (secondary N) is 1. The molecule has 2 atom stereocenters. The summed E-state index contributed by atoms with van der Waals surface area (Å²) >= 11 is 6.07. The fourth-order valence-electron chi connectivity index (χ4n) is 3.49. The van der Waals surface area contributed by atoms with Crippen molar-refractivity contribution in [3.63, 3.8) is 0 Å². The molecule has 1 saturated heterocycles. The zero-order chi connectivity index (χ0) is 20.7. The fraction of sp³-hybridized carbons (Fsp3) is 0.600. The van der Waals surface area contributed by atoms with Gasteiger partial charge in [-0.2, -0.15) is 0 Å². The Hall–Kier alpha value is -1.99. The lowest BCUT2D eigenvalue weighted by atomic mass is 9.93. The Kier molecular flexibility index (Phi) is 8.38. The minimum atomic E-state index is -0.216. The van der Waals surface area contributed by atoms with E-state index < -0.39 is 0 Å². The van der Waals surface area contributed by atoms with E-state index in [1.54, 1.807) is 12.1 Å². The zero-order valence-electron chi connectivity index (χ0n) is 16.8. The number of anilines is 1. The molecule has 1 amide bonds. The Bertz CT molecular complexity index is 698. The number of amides is 1. The third-order valence-corrected chi connectivity index (χ3v) is 5.36. The third kappa shape index (κ3) is 6.01. The number of carbonyl (C=O) groups excluding carboxylic acids is 2. The topological polar surface area (TPSA) is 93.9 Å². The van der Waals surface area contributed by atoms with Crippen molar-refractivity contribution in [2.24, 2.45) is 5.92 Å². The van der Waals surface area contributed by atoms with Crippen molar-refractivity contribution in [3.8, 4) is 5.75 Å². The van der Waals surface area contributed by atoms with Gasteiger partial charge >= 0.3 is 5.97 Å². The highest BCUT2D eigenvalue weighted by Crippen LogP contribution is 2.29. The molecule has 1 aliphatic rings. The van der Waals surface area contributed by atoms with Gasteiger partial charge in [0.2, 0.25) is 0 Å². The van der Waals surface area contributed by atoms with Crippen molar-refractivity contribution < 1.29 is 19.1 Å². The molecule has 3 N–H and O–H groups in total. The lowest BCUT2D eigenvalue weighted by molar-refractivity contribution is -0.143. The van der Waals surface area contributed by atoms with Gasteiger partial charge in [-0.25, -0.2) is 0 Å². The number of esters is 1. The first-order valence-electron chi connectivity index (χ1n) is 9.67. The van der Waals surface area contributed by atoms with E-state index in [9.17, 15) is 9.59 Å². The Morgan fingerprint density at radius 1 is 1.39 bits per heavy atom. The number of carbonyl (C=O) groups is 2. The molecule has 0 saturated carbocycles. The molecule has 156 valence electrons. The summed E-state index contributed by atoms with van der Waals surface area (Å²) in [5.74, 6) is 0.333. The number of likely N-dealkylation sites (tertiary alicyclic amines) is 1. The molecule has 28 heavy (non-hydrogen) atoms. The van der Waals surface area contributed by atoms with Crippen molar-refractivity contribution in [1.82, 2.24) is 10.2 Å². The van der Waals surface area contributed by atoms with E-state index in [1.807, 2.05) is 6.92 Å². The van der Waals surface area contributed by atoms with Gasteiger partial charge in [-0.05, 0) is 38.3 Å². The third-order valence-electron chi connectivity index (χ3n) is 5.03. The monoisotopic (exact) mass is 411 g/mol. The molecule has 0 radical (unpaired) electrons. The number of hydrogen-bond donors (Lipinski definition) is 2. The fourth-order valence-corrected chi connectivity index (χ4v) is 3.65. The van der Waals surface area contributed by atoms with Crippen LogP contribution in [0.5, 0.6) is 5.75 Å². The minimum absolute atomic E-state index is 0.0647. The van der Waals surface area contributed by atoms with Gasteiger partial charge in [-0.1, -0.05) is 18.5 Å². The first-order chi connectivity index (χ1) is 13.3. The van der Waals surface area contributed by atoms with Crippen LogP contribution in [0.1, 0.15) is 43.5 Å². The molecule has 0 bridgehead atoms. The molecule has 1 aromatic rings. The summed E-state index contributed by atoms with van der Waals surface area (Å²) in [5.41, 5.74) is 6.54. The molecule has 1 aromatic carbocycles. The number of methoxy groups -OCH3 is 1. The smallest absolute Gasteiger partial charge is 0.305 e. The highest BCUT2D eigenvalue weighted by atomic mass is 35.5. The van der Waals surface area contributed by atoms with Crippen LogP contribution in [-0.4, -0.2) is 56.2 Å². The van der Waals surface area contributed by atoms with Crippen LogP contribution in [0.25, 0.3) is 0 Å². The van der Waals surface area contributed by atoms with Gasteiger partial charge in [0.05, 0.1) is 30.0 Å². The maximum Gasteiger partial charge on any atom is 0.305 e. The molecule has 0 aromatic heterocycles. The average molecular weight is 412 g/mol. The molecule has 1 heterocycles. The van der Waals surface area contributed by atoms with Gasteiger partial charge in [0.25, 0.3) is 5.91 Å². The maximum absolute atomic E-state index is 12.7. The highest BCUT2D eigenvalue weighted by molar-refractivity contribution is 6.33. The quantitative estimate of drug-likeness (QED) is 0.504. The van der Waals surface area contributed by atoms with Crippen LogP contribution in [0.4, 0.5) is 5.69 Å². The first-order valence-corrected chi connectivity index (χ1v) is 10.0. The Morgan fingerprint density at radius 2 is 2.14 bits per heavy atom. The van der Waals surface area contributed by atoms with Crippen molar-refractivity contribution in [2.45, 2.75) is 39.2 Å². The number of nitrogens with zero attached hydrogens (tertiary/aromatic N) is 1. The van der Waals surface area contributed by atoms with Gasteiger partial charge in [0, 0.05) is 31.6 Å². The molecule has 0 unspecified atom stereocenters. The summed E-state index contributed by atoms with van der Waals surface area (Å²) in [5, 5.41) is 3.43. The minimum Gasteiger partial charge on any atom is -0.496 e. The van der Waals surface area contributed by atoms with Crippen molar-refractivity contribution in [1.29, 1.82) is 0 Å². The first kappa shape index (κ1) is 22.3. The summed E-state index contributed by atoms with van der Waals surface area (Å²) in [6, 6.07) is 3.17. The van der Waals surface area contributed by atoms with Crippen LogP contribution in [0.2, 0.25) is 5.02 Å². The lowest BCUT2D eigenvalue weighted by Crippen LogP contribution is -2.50. The van der Waals surface area contributed by atoms with E-state index >= 15 is 0 Å². The summed E-state index contributed by atoms with van der Waals surface area (Å²) in [6.45, 7) is 6.95. The summed E-state index contributed by atoms with van der Waals surface area (Å²) in [4.78, 5) is 26.5. The number of nitrogens with two attached hydrogens (primary N) is 1. The predicted molar refractivity (Wildman–Crippen MR) is 110 cm³/mol. The van der Waals surface area contributed by atoms with Crippen molar-refractivity contribution in [3.05, 3.63) is 22.7 Å². The van der Waals surface area contributed by atoms with Crippen LogP contribution in [0.3, 0.4) is 0 Å². The van der Waals surface area contributed by atoms with Crippen molar-refractivity contribution >= 4 is 29.2 Å². The standard InChI is InChI=1S/C20H30ClN3O4/c1-4-28-19(25)6-5-8-24-9-7-17(13(2)12-24)23-20(26)14-10-15(21)16(22)11-18(14)27-3/h10-11,13,17H,4-9,12,22H2,1-3H3,(H,23,26)/t13-,17+/m1/s1. The second kappa shape index (κ2) is 10.5. The molecule has 1 aliphatic heterocycles. The van der Waals surface area contributed by atoms with Gasteiger partial charge in [0.1, 0.15) is 5.75 Å². The number of rotatable bonds is 8. The Morgan fingerprint density at radius 3 is 2.79 bits per heavy atom. The van der Waals surface area contributed by atoms with Crippen LogP contribution in [0.15, 0.2) is 12.1 Å². The number of hydrogen-bond acceptors (Lipinski definition) is 6. The zero-order valence-corrected chi connectivity index (χ0v) is 17.6. The van der Waals surface area contributed by atoms with E-state index in [1.165, 1.54) is 7.11 Å². The number of benzene rings is 1. The number of piperidine rings is 1. The second-order valence-electron chi connectivity index (χ2n) is 7.13. The molecule has 7 nitrogen and oxygen atoms in total. The normalized spacial score (nSPS) is 19.9. The largest absolute Gasteiger partial charge is 0.496 e. The number of nitrogen functional groups attached to an aromatic ring is 1. The lowest BCUT2D eigenvalue weighted by Gasteiger charge is -2.37. The SMILES string of the molecule is CCOC(=O)CCCN1CC[C@H](NC(=O)c2cc(Cl)c(N)cc2OC)[C@H](C)C1. The van der Waals surface area contributed by atoms with E-state index in [2.05, 4.69) is 17.1 Å². The van der Waals surface area contributed by atoms with Crippen molar-refractivity contribution in [2.75, 3.05) is 39.1 Å². The summed E-state index contributed by atoms with van der Waals surface area (Å²) in [6.07, 6.45) is 2.07. The van der Waals surface area contributed by atoms with Crippen LogP contribution in [0, 0.1) is 5.92 Å². The Balaban J connectivity index is 1.87. The van der Waals surface area contributed by atoms with Crippen LogP contribution >= 0.6 is 11.6 Å². The molecule has 8 heteroatoms. The summed E-state index contributed by atoms with van der Waals surface area (Å²) < 4.78 is 10.2. The van der Waals surface area contributed by atoms with Crippen LogP contribution < -0.4 is 15.8 Å². The maximum atomic E-state index is 12.7. The molecule has 0 spiro atoms. The molecule has 0 aliphatic carbocycles. The molecular weight excluding hydrogens is 382 g/mol. The number of ether oxygens (including phenoxy) is 2. The van der Waals surface area contributed by atoms with E-state index in [0.29, 0.717) is 35.1 Å².